The summed E-state index contributed by atoms with van der Waals surface area (Å²) in [7, 11) is 1.61. The molecule has 0 unspecified atom stereocenters. The highest BCUT2D eigenvalue weighted by molar-refractivity contribution is 6.42. The van der Waals surface area contributed by atoms with E-state index in [4.69, 9.17) is 42.1 Å². The number of halogens is 2. The zero-order chi connectivity index (χ0) is 22.8. The quantitative estimate of drug-likeness (QED) is 0.477. The Labute approximate surface area is 193 Å². The second-order valence-electron chi connectivity index (χ2n) is 7.02. The van der Waals surface area contributed by atoms with E-state index in [0.717, 1.165) is 5.56 Å². The van der Waals surface area contributed by atoms with E-state index < -0.39 is 6.10 Å². The van der Waals surface area contributed by atoms with E-state index in [-0.39, 0.29) is 18.6 Å². The zero-order valence-electron chi connectivity index (χ0n) is 18.2. The molecule has 1 amide bonds. The van der Waals surface area contributed by atoms with Crippen LogP contribution in [0.3, 0.4) is 0 Å². The molecule has 8 heteroatoms. The average molecular weight is 470 g/mol. The van der Waals surface area contributed by atoms with Gasteiger partial charge in [-0.25, -0.2) is 0 Å². The number of nitrogens with one attached hydrogen (secondary N) is 1. The molecule has 0 bridgehead atoms. The van der Waals surface area contributed by atoms with Gasteiger partial charge in [-0.2, -0.15) is 0 Å². The maximum Gasteiger partial charge on any atom is 0.252 e. The van der Waals surface area contributed by atoms with Gasteiger partial charge in [0.15, 0.2) is 17.6 Å². The minimum atomic E-state index is -0.740. The second kappa shape index (κ2) is 12.6. The summed E-state index contributed by atoms with van der Waals surface area (Å²) in [6, 6.07) is 10.7. The first-order chi connectivity index (χ1) is 14.8. The van der Waals surface area contributed by atoms with Crippen molar-refractivity contribution in [1.82, 2.24) is 5.32 Å². The van der Waals surface area contributed by atoms with Crippen LogP contribution in [-0.4, -0.2) is 45.0 Å². The molecule has 31 heavy (non-hydrogen) atoms. The standard InChI is InChI=1S/C23H29Cl2NO5/c1-5-29-22(14-30-17-7-8-18(24)19(25)13-17)23(27)26-11-10-16-6-9-20(31-15(2)3)21(12-16)28-4/h6-9,12-13,15,22H,5,10-11,14H2,1-4H3,(H,26,27)/t22-/m0/s1. The lowest BCUT2D eigenvalue weighted by molar-refractivity contribution is -0.134. The Morgan fingerprint density at radius 2 is 1.84 bits per heavy atom. The number of ether oxygens (including phenoxy) is 4. The third-order valence-electron chi connectivity index (χ3n) is 4.26. The molecule has 2 rings (SSSR count). The van der Waals surface area contributed by atoms with Crippen LogP contribution in [0.2, 0.25) is 10.0 Å². The fourth-order valence-electron chi connectivity index (χ4n) is 2.80. The summed E-state index contributed by atoms with van der Waals surface area (Å²) in [5.74, 6) is 1.64. The molecule has 2 aromatic rings. The lowest BCUT2D eigenvalue weighted by Gasteiger charge is -2.18. The van der Waals surface area contributed by atoms with E-state index in [9.17, 15) is 4.79 Å². The van der Waals surface area contributed by atoms with Crippen molar-refractivity contribution in [2.24, 2.45) is 0 Å². The molecule has 0 spiro atoms. The van der Waals surface area contributed by atoms with Gasteiger partial charge in [-0.1, -0.05) is 29.3 Å². The smallest absolute Gasteiger partial charge is 0.252 e. The maximum atomic E-state index is 12.6. The topological polar surface area (TPSA) is 66.0 Å². The highest BCUT2D eigenvalue weighted by atomic mass is 35.5. The SMILES string of the molecule is CCO[C@@H](COc1ccc(Cl)c(Cl)c1)C(=O)NCCc1ccc(OC(C)C)c(OC)c1. The number of carbonyl (C=O) groups is 1. The molecule has 0 aromatic heterocycles. The molecule has 0 fully saturated rings. The molecule has 0 saturated carbocycles. The van der Waals surface area contributed by atoms with Gasteiger partial charge in [-0.3, -0.25) is 4.79 Å². The van der Waals surface area contributed by atoms with Gasteiger partial charge in [0.25, 0.3) is 5.91 Å². The zero-order valence-corrected chi connectivity index (χ0v) is 19.8. The minimum Gasteiger partial charge on any atom is -0.493 e. The van der Waals surface area contributed by atoms with Crippen molar-refractivity contribution in [3.05, 3.63) is 52.0 Å². The van der Waals surface area contributed by atoms with Crippen LogP contribution in [0.5, 0.6) is 17.2 Å². The number of rotatable bonds is 12. The van der Waals surface area contributed by atoms with E-state index in [2.05, 4.69) is 5.32 Å². The minimum absolute atomic E-state index is 0.0562. The van der Waals surface area contributed by atoms with E-state index in [1.165, 1.54) is 0 Å². The predicted octanol–water partition coefficient (Wildman–Crippen LogP) is 4.93. The first-order valence-electron chi connectivity index (χ1n) is 10.1. The van der Waals surface area contributed by atoms with Crippen LogP contribution in [0.25, 0.3) is 0 Å². The third-order valence-corrected chi connectivity index (χ3v) is 5.00. The van der Waals surface area contributed by atoms with Gasteiger partial charge in [-0.05, 0) is 57.0 Å². The van der Waals surface area contributed by atoms with Crippen molar-refractivity contribution in [2.75, 3.05) is 26.9 Å². The summed E-state index contributed by atoms with van der Waals surface area (Å²) in [4.78, 5) is 12.6. The van der Waals surface area contributed by atoms with Crippen molar-refractivity contribution in [3.8, 4) is 17.2 Å². The molecule has 0 radical (unpaired) electrons. The highest BCUT2D eigenvalue weighted by Crippen LogP contribution is 2.29. The van der Waals surface area contributed by atoms with Crippen LogP contribution < -0.4 is 19.5 Å². The Morgan fingerprint density at radius 3 is 2.48 bits per heavy atom. The largest absolute Gasteiger partial charge is 0.493 e. The number of hydrogen-bond acceptors (Lipinski definition) is 5. The van der Waals surface area contributed by atoms with Gasteiger partial charge in [0.1, 0.15) is 12.4 Å². The molecular formula is C23H29Cl2NO5. The van der Waals surface area contributed by atoms with Crippen LogP contribution in [0.15, 0.2) is 36.4 Å². The number of benzene rings is 2. The predicted molar refractivity (Wildman–Crippen MR) is 123 cm³/mol. The van der Waals surface area contributed by atoms with Crippen molar-refractivity contribution in [2.45, 2.75) is 39.4 Å². The molecule has 1 atom stereocenters. The summed E-state index contributed by atoms with van der Waals surface area (Å²) < 4.78 is 22.3. The number of methoxy groups -OCH3 is 1. The summed E-state index contributed by atoms with van der Waals surface area (Å²) in [5.41, 5.74) is 1.02. The van der Waals surface area contributed by atoms with Crippen LogP contribution >= 0.6 is 23.2 Å². The summed E-state index contributed by atoms with van der Waals surface area (Å²) in [5, 5.41) is 3.72. The molecule has 0 aliphatic carbocycles. The molecule has 6 nitrogen and oxygen atoms in total. The molecule has 0 aliphatic rings. The number of hydrogen-bond donors (Lipinski definition) is 1. The number of carbonyl (C=O) groups excluding carboxylic acids is 1. The van der Waals surface area contributed by atoms with Gasteiger partial charge in [0.05, 0.1) is 23.3 Å². The Morgan fingerprint density at radius 1 is 1.06 bits per heavy atom. The first kappa shape index (κ1) is 25.1. The fraction of sp³-hybridized carbons (Fsp3) is 0.435. The Hall–Kier alpha value is -2.15. The van der Waals surface area contributed by atoms with Crippen LogP contribution in [-0.2, 0) is 16.0 Å². The van der Waals surface area contributed by atoms with Gasteiger partial charge in [0.2, 0.25) is 0 Å². The summed E-state index contributed by atoms with van der Waals surface area (Å²) in [6.45, 7) is 6.64. The summed E-state index contributed by atoms with van der Waals surface area (Å²) in [6.07, 6.45) is -0.0484. The molecule has 0 saturated heterocycles. The molecule has 2 aromatic carbocycles. The Kier molecular flexibility index (Phi) is 10.2. The monoisotopic (exact) mass is 469 g/mol. The van der Waals surface area contributed by atoms with Crippen molar-refractivity contribution >= 4 is 29.1 Å². The molecule has 0 heterocycles. The molecule has 1 N–H and O–H groups in total. The second-order valence-corrected chi connectivity index (χ2v) is 7.84. The Bertz CT molecular complexity index is 860. The Balaban J connectivity index is 1.88. The van der Waals surface area contributed by atoms with E-state index >= 15 is 0 Å². The van der Waals surface area contributed by atoms with Crippen molar-refractivity contribution in [1.29, 1.82) is 0 Å². The lowest BCUT2D eigenvalue weighted by Crippen LogP contribution is -2.41. The van der Waals surface area contributed by atoms with Crippen LogP contribution in [0, 0.1) is 0 Å². The lowest BCUT2D eigenvalue weighted by atomic mass is 10.1. The molecule has 0 aliphatic heterocycles. The van der Waals surface area contributed by atoms with Gasteiger partial charge < -0.3 is 24.3 Å². The van der Waals surface area contributed by atoms with Gasteiger partial charge in [0, 0.05) is 19.2 Å². The maximum absolute atomic E-state index is 12.6. The van der Waals surface area contributed by atoms with Gasteiger partial charge >= 0.3 is 0 Å². The number of amides is 1. The van der Waals surface area contributed by atoms with Crippen LogP contribution in [0.1, 0.15) is 26.3 Å². The summed E-state index contributed by atoms with van der Waals surface area (Å²) >= 11 is 11.9. The van der Waals surface area contributed by atoms with Crippen molar-refractivity contribution in [3.63, 3.8) is 0 Å². The van der Waals surface area contributed by atoms with Crippen LogP contribution in [0.4, 0.5) is 0 Å². The van der Waals surface area contributed by atoms with E-state index in [1.54, 1.807) is 25.3 Å². The average Bonchev–Trinajstić information content (AvgIpc) is 2.74. The third kappa shape index (κ3) is 8.13. The van der Waals surface area contributed by atoms with Crippen molar-refractivity contribution < 1.29 is 23.7 Å². The van der Waals surface area contributed by atoms with E-state index in [0.29, 0.717) is 46.9 Å². The first-order valence-corrected chi connectivity index (χ1v) is 10.9. The molecule has 170 valence electrons. The fourth-order valence-corrected chi connectivity index (χ4v) is 3.09. The molecular weight excluding hydrogens is 441 g/mol. The normalized spacial score (nSPS) is 11.8. The van der Waals surface area contributed by atoms with E-state index in [1.807, 2.05) is 39.0 Å². The highest BCUT2D eigenvalue weighted by Gasteiger charge is 2.19. The van der Waals surface area contributed by atoms with Gasteiger partial charge in [-0.15, -0.1) is 0 Å².